The van der Waals surface area contributed by atoms with E-state index < -0.39 is 5.92 Å². The minimum absolute atomic E-state index is 0.159. The smallest absolute Gasteiger partial charge is 0.239 e. The van der Waals surface area contributed by atoms with Crippen LogP contribution in [0.1, 0.15) is 12.0 Å². The highest BCUT2D eigenvalue weighted by atomic mass is 35.5. The summed E-state index contributed by atoms with van der Waals surface area (Å²) in [6.45, 7) is 0.952. The molecule has 0 aliphatic carbocycles. The van der Waals surface area contributed by atoms with Gasteiger partial charge < -0.3 is 15.1 Å². The number of carbonyl (C=O) groups excluding carboxylic acids is 2. The molecule has 1 aliphatic rings. The quantitative estimate of drug-likeness (QED) is 0.822. The third kappa shape index (κ3) is 3.99. The highest BCUT2D eigenvalue weighted by molar-refractivity contribution is 6.30. The molecule has 2 amide bonds. The molecule has 1 aliphatic heterocycles. The minimum atomic E-state index is -0.633. The van der Waals surface area contributed by atoms with Crippen molar-refractivity contribution >= 4 is 34.8 Å². The Morgan fingerprint density at radius 2 is 1.81 bits per heavy atom. The van der Waals surface area contributed by atoms with Crippen LogP contribution in [0.2, 0.25) is 5.02 Å². The molecule has 5 nitrogen and oxygen atoms in total. The van der Waals surface area contributed by atoms with E-state index in [1.807, 2.05) is 43.3 Å². The van der Waals surface area contributed by atoms with Gasteiger partial charge in [-0.15, -0.1) is 0 Å². The summed E-state index contributed by atoms with van der Waals surface area (Å²) in [5.41, 5.74) is 2.88. The van der Waals surface area contributed by atoms with E-state index in [-0.39, 0.29) is 11.8 Å². The first kappa shape index (κ1) is 18.3. The van der Waals surface area contributed by atoms with Crippen LogP contribution in [0.4, 0.5) is 11.4 Å². The molecule has 0 radical (unpaired) electrons. The fourth-order valence-corrected chi connectivity index (χ4v) is 3.15. The van der Waals surface area contributed by atoms with E-state index in [0.717, 1.165) is 16.9 Å². The normalized spacial score (nSPS) is 16.7. The third-order valence-electron chi connectivity index (χ3n) is 4.58. The van der Waals surface area contributed by atoms with Gasteiger partial charge in [0.15, 0.2) is 0 Å². The number of halogens is 1. The zero-order chi connectivity index (χ0) is 18.7. The van der Waals surface area contributed by atoms with Crippen molar-refractivity contribution in [3.05, 3.63) is 59.1 Å². The second-order valence-electron chi connectivity index (χ2n) is 6.59. The van der Waals surface area contributed by atoms with Gasteiger partial charge >= 0.3 is 0 Å². The number of nitrogens with one attached hydrogen (secondary N) is 1. The molecule has 136 valence electrons. The van der Waals surface area contributed by atoms with Crippen LogP contribution in [-0.4, -0.2) is 32.5 Å². The molecule has 1 N–H and O–H groups in total. The molecular formula is C20H22ClN3O2. The minimum Gasteiger partial charge on any atom is -0.378 e. The summed E-state index contributed by atoms with van der Waals surface area (Å²) in [6, 6.07) is 15.1. The summed E-state index contributed by atoms with van der Waals surface area (Å²) >= 11 is 5.89. The van der Waals surface area contributed by atoms with Gasteiger partial charge in [0, 0.05) is 43.6 Å². The number of hydrogen-bond acceptors (Lipinski definition) is 3. The van der Waals surface area contributed by atoms with Crippen LogP contribution in [0.15, 0.2) is 48.5 Å². The van der Waals surface area contributed by atoms with Crippen LogP contribution in [-0.2, 0) is 16.1 Å². The first-order valence-corrected chi connectivity index (χ1v) is 8.94. The van der Waals surface area contributed by atoms with Gasteiger partial charge in [0.1, 0.15) is 5.92 Å². The van der Waals surface area contributed by atoms with Gasteiger partial charge in [0.05, 0.1) is 0 Å². The number of hydrogen-bond donors (Lipinski definition) is 1. The van der Waals surface area contributed by atoms with Crippen LogP contribution in [0.25, 0.3) is 0 Å². The molecule has 0 aromatic heterocycles. The molecule has 0 spiro atoms. The Balaban J connectivity index is 1.58. The Labute approximate surface area is 158 Å². The lowest BCUT2D eigenvalue weighted by Crippen LogP contribution is -2.36. The second-order valence-corrected chi connectivity index (χ2v) is 7.02. The van der Waals surface area contributed by atoms with Gasteiger partial charge in [-0.1, -0.05) is 23.7 Å². The van der Waals surface area contributed by atoms with Gasteiger partial charge in [-0.25, -0.2) is 0 Å². The van der Waals surface area contributed by atoms with Crippen LogP contribution in [0, 0.1) is 5.92 Å². The summed E-state index contributed by atoms with van der Waals surface area (Å²) < 4.78 is 0. The molecule has 6 heteroatoms. The van der Waals surface area contributed by atoms with Gasteiger partial charge in [0.25, 0.3) is 0 Å². The van der Waals surface area contributed by atoms with E-state index in [2.05, 4.69) is 5.32 Å². The third-order valence-corrected chi connectivity index (χ3v) is 4.83. The number of carbonyl (C=O) groups is 2. The van der Waals surface area contributed by atoms with Crippen LogP contribution in [0.3, 0.4) is 0 Å². The molecule has 2 aromatic rings. The van der Waals surface area contributed by atoms with E-state index >= 15 is 0 Å². The molecule has 0 bridgehead atoms. The highest BCUT2D eigenvalue weighted by Gasteiger charge is 2.37. The molecule has 3 rings (SSSR count). The van der Waals surface area contributed by atoms with Crippen molar-refractivity contribution in [3.63, 3.8) is 0 Å². The highest BCUT2D eigenvalue weighted by Crippen LogP contribution is 2.26. The monoisotopic (exact) mass is 371 g/mol. The molecule has 1 atom stereocenters. The Kier molecular flexibility index (Phi) is 5.47. The average molecular weight is 372 g/mol. The van der Waals surface area contributed by atoms with Crippen molar-refractivity contribution in [3.8, 4) is 0 Å². The number of anilines is 2. The second kappa shape index (κ2) is 7.79. The van der Waals surface area contributed by atoms with E-state index in [4.69, 9.17) is 11.6 Å². The summed E-state index contributed by atoms with van der Waals surface area (Å²) in [5, 5.41) is 3.50. The van der Waals surface area contributed by atoms with Crippen LogP contribution < -0.4 is 15.1 Å². The molecule has 26 heavy (non-hydrogen) atoms. The zero-order valence-corrected chi connectivity index (χ0v) is 15.7. The van der Waals surface area contributed by atoms with E-state index in [1.165, 1.54) is 0 Å². The van der Waals surface area contributed by atoms with Crippen LogP contribution in [0.5, 0.6) is 0 Å². The van der Waals surface area contributed by atoms with E-state index in [1.54, 1.807) is 29.2 Å². The summed E-state index contributed by atoms with van der Waals surface area (Å²) in [7, 11) is 3.96. The molecule has 1 fully saturated rings. The predicted molar refractivity (Wildman–Crippen MR) is 105 cm³/mol. The first-order valence-electron chi connectivity index (χ1n) is 8.56. The molecule has 1 saturated heterocycles. The van der Waals surface area contributed by atoms with Gasteiger partial charge in [-0.05, 0) is 48.4 Å². The number of amides is 2. The SMILES string of the molecule is CN(C)c1ccc(CNC(=O)C2CCN(c3ccc(Cl)cc3)C2=O)cc1. The summed E-state index contributed by atoms with van der Waals surface area (Å²) in [4.78, 5) is 28.7. The standard InChI is InChI=1S/C20H22ClN3O2/c1-23(2)16-7-3-14(4-8-16)13-22-19(25)18-11-12-24(20(18)26)17-9-5-15(21)6-10-17/h3-10,18H,11-13H2,1-2H3,(H,22,25). The van der Waals surface area contributed by atoms with E-state index in [9.17, 15) is 9.59 Å². The Morgan fingerprint density at radius 3 is 2.42 bits per heavy atom. The predicted octanol–water partition coefficient (Wildman–Crippen LogP) is 3.08. The van der Waals surface area contributed by atoms with Gasteiger partial charge in [-0.3, -0.25) is 9.59 Å². The number of nitrogens with zero attached hydrogens (tertiary/aromatic N) is 2. The largest absolute Gasteiger partial charge is 0.378 e. The van der Waals surface area contributed by atoms with Crippen molar-refractivity contribution in [1.29, 1.82) is 0 Å². The lowest BCUT2D eigenvalue weighted by Gasteiger charge is -2.17. The number of rotatable bonds is 5. The van der Waals surface area contributed by atoms with Gasteiger partial charge in [-0.2, -0.15) is 0 Å². The Hall–Kier alpha value is -2.53. The van der Waals surface area contributed by atoms with Crippen molar-refractivity contribution in [1.82, 2.24) is 5.32 Å². The van der Waals surface area contributed by atoms with Gasteiger partial charge in [0.2, 0.25) is 11.8 Å². The fraction of sp³-hybridized carbons (Fsp3) is 0.300. The zero-order valence-electron chi connectivity index (χ0n) is 14.9. The summed E-state index contributed by atoms with van der Waals surface area (Å²) in [5.74, 6) is -1.01. The maximum Gasteiger partial charge on any atom is 0.239 e. The molecule has 0 saturated carbocycles. The van der Waals surface area contributed by atoms with Crippen molar-refractivity contribution in [2.75, 3.05) is 30.4 Å². The average Bonchev–Trinajstić information content (AvgIpc) is 3.02. The first-order chi connectivity index (χ1) is 12.5. The molecule has 1 unspecified atom stereocenters. The molecule has 2 aromatic carbocycles. The molecular weight excluding hydrogens is 350 g/mol. The summed E-state index contributed by atoms with van der Waals surface area (Å²) in [6.07, 6.45) is 0.521. The van der Waals surface area contributed by atoms with Crippen molar-refractivity contribution in [2.24, 2.45) is 5.92 Å². The number of benzene rings is 2. The van der Waals surface area contributed by atoms with Crippen LogP contribution >= 0.6 is 11.6 Å². The molecule has 1 heterocycles. The maximum absolute atomic E-state index is 12.6. The van der Waals surface area contributed by atoms with Crippen molar-refractivity contribution in [2.45, 2.75) is 13.0 Å². The Morgan fingerprint density at radius 1 is 1.15 bits per heavy atom. The fourth-order valence-electron chi connectivity index (χ4n) is 3.02. The van der Waals surface area contributed by atoms with Crippen molar-refractivity contribution < 1.29 is 9.59 Å². The lowest BCUT2D eigenvalue weighted by atomic mass is 10.1. The maximum atomic E-state index is 12.6. The van der Waals surface area contributed by atoms with E-state index in [0.29, 0.717) is 24.5 Å². The Bertz CT molecular complexity index is 788. The topological polar surface area (TPSA) is 52.7 Å². The lowest BCUT2D eigenvalue weighted by molar-refractivity contribution is -0.132.